The summed E-state index contributed by atoms with van der Waals surface area (Å²) < 4.78 is 22.9. The number of phosphoric ester groups is 1. The number of phosphoric acid groups is 1. The Morgan fingerprint density at radius 1 is 0.545 bits per heavy atom. The second-order valence-corrected chi connectivity index (χ2v) is 20.3. The van der Waals surface area contributed by atoms with Crippen molar-refractivity contribution in [3.05, 3.63) is 97.2 Å². The SMILES string of the molecule is CC/C=C\C/C=C\C/C=C\C/C=C\C/C=C\C/C=C\C/C=C\CCCCCCCCCCCCCCCCCCCCCC(=O)NC(COP(=O)([O-])OCC[N+](C)(C)C)C(O)/C=C/CCC. The van der Waals surface area contributed by atoms with E-state index >= 15 is 0 Å². The summed E-state index contributed by atoms with van der Waals surface area (Å²) in [5.74, 6) is -0.211. The lowest BCUT2D eigenvalue weighted by atomic mass is 10.0. The van der Waals surface area contributed by atoms with E-state index in [1.165, 1.54) is 109 Å². The van der Waals surface area contributed by atoms with Gasteiger partial charge in [-0.15, -0.1) is 0 Å². The molecule has 0 spiro atoms. The van der Waals surface area contributed by atoms with Crippen LogP contribution in [0.3, 0.4) is 0 Å². The van der Waals surface area contributed by atoms with Crippen molar-refractivity contribution in [1.29, 1.82) is 0 Å². The molecular formula is C57H101N2O6P. The third-order valence-corrected chi connectivity index (χ3v) is 12.2. The van der Waals surface area contributed by atoms with E-state index in [2.05, 4.69) is 97.3 Å². The van der Waals surface area contributed by atoms with E-state index < -0.39 is 20.0 Å². The van der Waals surface area contributed by atoms with Gasteiger partial charge in [0, 0.05) is 6.42 Å². The van der Waals surface area contributed by atoms with Gasteiger partial charge in [0.15, 0.2) is 0 Å². The number of unbranched alkanes of at least 4 members (excludes halogenated alkanes) is 20. The fourth-order valence-electron chi connectivity index (χ4n) is 7.14. The number of quaternary nitrogens is 1. The normalized spacial score (nSPS) is 14.8. The molecule has 66 heavy (non-hydrogen) atoms. The van der Waals surface area contributed by atoms with Gasteiger partial charge in [-0.2, -0.15) is 0 Å². The number of hydrogen-bond donors (Lipinski definition) is 2. The Labute approximate surface area is 407 Å². The van der Waals surface area contributed by atoms with Crippen LogP contribution < -0.4 is 10.2 Å². The standard InChI is InChI=1S/C57H101N2O6P/c1-6-8-10-11-12-13-14-15-16-17-18-19-20-21-22-23-24-25-26-27-28-29-30-31-32-33-34-35-36-37-38-39-40-41-42-43-44-45-46-47-49-51-57(61)58-55(56(60)50-48-9-7-2)54-65-66(62,63)64-53-52-59(3,4)5/h8,10,12-13,15-16,18-19,21-22,24-25,27-28,48,50,55-56,60H,6-7,9,11,14,17,20,23,26,29-47,49,51-54H2,1-5H3,(H-,58,61,62,63)/b10-8-,13-12-,16-15-,19-18-,22-21-,25-24-,28-27-,50-48+. The number of aliphatic hydroxyl groups excluding tert-OH is 1. The summed E-state index contributed by atoms with van der Waals surface area (Å²) >= 11 is 0. The van der Waals surface area contributed by atoms with Gasteiger partial charge in [0.25, 0.3) is 7.82 Å². The van der Waals surface area contributed by atoms with Crippen LogP contribution in [-0.4, -0.2) is 68.5 Å². The summed E-state index contributed by atoms with van der Waals surface area (Å²) in [6.07, 6.45) is 68.9. The molecule has 0 aromatic rings. The number of rotatable bonds is 47. The van der Waals surface area contributed by atoms with Gasteiger partial charge < -0.3 is 28.8 Å². The molecule has 0 aliphatic rings. The summed E-state index contributed by atoms with van der Waals surface area (Å²) in [6.45, 7) is 4.30. The van der Waals surface area contributed by atoms with E-state index in [1.807, 2.05) is 34.1 Å². The first-order chi connectivity index (χ1) is 32.0. The van der Waals surface area contributed by atoms with Crippen molar-refractivity contribution < 1.29 is 32.9 Å². The van der Waals surface area contributed by atoms with Crippen molar-refractivity contribution in [2.75, 3.05) is 40.9 Å². The number of likely N-dealkylation sites (N-methyl/N-ethyl adjacent to an activating group) is 1. The van der Waals surface area contributed by atoms with Gasteiger partial charge in [0.05, 0.1) is 39.9 Å². The fraction of sp³-hybridized carbons (Fsp3) is 0.702. The quantitative estimate of drug-likeness (QED) is 0.0272. The second-order valence-electron chi connectivity index (χ2n) is 18.9. The lowest BCUT2D eigenvalue weighted by Crippen LogP contribution is -2.45. The van der Waals surface area contributed by atoms with Crippen molar-refractivity contribution in [1.82, 2.24) is 5.32 Å². The minimum atomic E-state index is -4.57. The molecular weight excluding hydrogens is 840 g/mol. The average molecular weight is 941 g/mol. The van der Waals surface area contributed by atoms with Crippen molar-refractivity contribution in [2.24, 2.45) is 0 Å². The highest BCUT2D eigenvalue weighted by Gasteiger charge is 2.23. The van der Waals surface area contributed by atoms with Crippen molar-refractivity contribution in [3.8, 4) is 0 Å². The molecule has 0 saturated heterocycles. The summed E-state index contributed by atoms with van der Waals surface area (Å²) in [6, 6.07) is -0.884. The lowest BCUT2D eigenvalue weighted by molar-refractivity contribution is -0.870. The molecule has 0 aromatic heterocycles. The minimum Gasteiger partial charge on any atom is -0.756 e. The van der Waals surface area contributed by atoms with Gasteiger partial charge in [-0.1, -0.05) is 227 Å². The molecule has 8 nitrogen and oxygen atoms in total. The summed E-state index contributed by atoms with van der Waals surface area (Å²) in [5, 5.41) is 13.4. The molecule has 0 aliphatic heterocycles. The molecule has 1 amide bonds. The molecule has 0 saturated carbocycles. The van der Waals surface area contributed by atoms with Crippen LogP contribution >= 0.6 is 7.82 Å². The first-order valence-corrected chi connectivity index (χ1v) is 28.1. The van der Waals surface area contributed by atoms with Crippen LogP contribution in [0.15, 0.2) is 97.2 Å². The topological polar surface area (TPSA) is 108 Å². The zero-order valence-corrected chi connectivity index (χ0v) is 44.0. The Kier molecular flexibility index (Phi) is 45.6. The summed E-state index contributed by atoms with van der Waals surface area (Å²) in [5.41, 5.74) is 0. The van der Waals surface area contributed by atoms with E-state index in [-0.39, 0.29) is 19.1 Å². The molecule has 0 fully saturated rings. The first-order valence-electron chi connectivity index (χ1n) is 26.6. The molecule has 0 aromatic carbocycles. The van der Waals surface area contributed by atoms with Crippen LogP contribution in [0.5, 0.6) is 0 Å². The Morgan fingerprint density at radius 2 is 0.924 bits per heavy atom. The van der Waals surface area contributed by atoms with Gasteiger partial charge in [0.2, 0.25) is 5.91 Å². The molecule has 0 aliphatic carbocycles. The van der Waals surface area contributed by atoms with Gasteiger partial charge in [-0.05, 0) is 70.6 Å². The average Bonchev–Trinajstić information content (AvgIpc) is 3.27. The molecule has 0 radical (unpaired) electrons. The minimum absolute atomic E-state index is 0.00476. The molecule has 380 valence electrons. The maximum Gasteiger partial charge on any atom is 0.268 e. The number of allylic oxidation sites excluding steroid dienone is 15. The third kappa shape index (κ3) is 49.3. The molecule has 9 heteroatoms. The van der Waals surface area contributed by atoms with Crippen LogP contribution in [0.2, 0.25) is 0 Å². The molecule has 3 unspecified atom stereocenters. The number of carbonyl (C=O) groups excluding carboxylic acids is 1. The van der Waals surface area contributed by atoms with E-state index in [0.29, 0.717) is 17.4 Å². The van der Waals surface area contributed by atoms with Gasteiger partial charge in [-0.3, -0.25) is 9.36 Å². The lowest BCUT2D eigenvalue weighted by Gasteiger charge is -2.29. The van der Waals surface area contributed by atoms with E-state index in [0.717, 1.165) is 77.0 Å². The Hall–Kier alpha value is -2.58. The van der Waals surface area contributed by atoms with Gasteiger partial charge in [0.1, 0.15) is 13.2 Å². The number of amides is 1. The zero-order valence-electron chi connectivity index (χ0n) is 43.1. The summed E-state index contributed by atoms with van der Waals surface area (Å²) in [4.78, 5) is 25.0. The number of aliphatic hydroxyl groups is 1. The number of carbonyl (C=O) groups is 1. The van der Waals surface area contributed by atoms with Crippen molar-refractivity contribution >= 4 is 13.7 Å². The maximum atomic E-state index is 12.7. The largest absolute Gasteiger partial charge is 0.756 e. The van der Waals surface area contributed by atoms with Crippen LogP contribution in [0, 0.1) is 0 Å². The number of hydrogen-bond acceptors (Lipinski definition) is 6. The molecule has 0 bridgehead atoms. The van der Waals surface area contributed by atoms with E-state index in [9.17, 15) is 19.4 Å². The second kappa shape index (κ2) is 47.5. The maximum absolute atomic E-state index is 12.7. The van der Waals surface area contributed by atoms with Crippen LogP contribution in [-0.2, 0) is 18.4 Å². The molecule has 0 heterocycles. The van der Waals surface area contributed by atoms with Crippen molar-refractivity contribution in [2.45, 2.75) is 219 Å². The number of nitrogens with one attached hydrogen (secondary N) is 1. The molecule has 2 N–H and O–H groups in total. The fourth-order valence-corrected chi connectivity index (χ4v) is 7.86. The predicted molar refractivity (Wildman–Crippen MR) is 283 cm³/mol. The van der Waals surface area contributed by atoms with E-state index in [4.69, 9.17) is 9.05 Å². The van der Waals surface area contributed by atoms with E-state index in [1.54, 1.807) is 6.08 Å². The van der Waals surface area contributed by atoms with Crippen LogP contribution in [0.1, 0.15) is 206 Å². The summed E-state index contributed by atoms with van der Waals surface area (Å²) in [7, 11) is 1.25. The monoisotopic (exact) mass is 941 g/mol. The highest BCUT2D eigenvalue weighted by Crippen LogP contribution is 2.38. The highest BCUT2D eigenvalue weighted by molar-refractivity contribution is 7.45. The van der Waals surface area contributed by atoms with Gasteiger partial charge >= 0.3 is 0 Å². The smallest absolute Gasteiger partial charge is 0.268 e. The molecule has 3 atom stereocenters. The zero-order chi connectivity index (χ0) is 48.5. The van der Waals surface area contributed by atoms with Crippen LogP contribution in [0.4, 0.5) is 0 Å². The Morgan fingerprint density at radius 3 is 1.32 bits per heavy atom. The van der Waals surface area contributed by atoms with Gasteiger partial charge in [-0.25, -0.2) is 0 Å². The Balaban J connectivity index is 3.69. The number of nitrogens with zero attached hydrogens (tertiary/aromatic N) is 1. The first kappa shape index (κ1) is 63.4. The van der Waals surface area contributed by atoms with Crippen molar-refractivity contribution in [3.63, 3.8) is 0 Å². The van der Waals surface area contributed by atoms with Crippen LogP contribution in [0.25, 0.3) is 0 Å². The predicted octanol–water partition coefficient (Wildman–Crippen LogP) is 15.2. The molecule has 0 rings (SSSR count). The third-order valence-electron chi connectivity index (χ3n) is 11.3. The highest BCUT2D eigenvalue weighted by atomic mass is 31.2. The Bertz CT molecular complexity index is 1390.